The van der Waals surface area contributed by atoms with E-state index in [-0.39, 0.29) is 6.54 Å². The smallest absolute Gasteiger partial charge is 0.313 e. The molecule has 0 saturated carbocycles. The van der Waals surface area contributed by atoms with Crippen molar-refractivity contribution in [2.75, 3.05) is 5.32 Å². The lowest BCUT2D eigenvalue weighted by molar-refractivity contribution is -0.136. The van der Waals surface area contributed by atoms with Gasteiger partial charge in [0.25, 0.3) is 0 Å². The highest BCUT2D eigenvalue weighted by Crippen LogP contribution is 2.14. The van der Waals surface area contributed by atoms with Crippen LogP contribution in [0.15, 0.2) is 41.0 Å². The summed E-state index contributed by atoms with van der Waals surface area (Å²) in [6.45, 7) is 0.0187. The molecule has 0 aliphatic rings. The Hall–Kier alpha value is -2.70. The molecule has 2 N–H and O–H groups in total. The number of halogens is 2. The van der Waals surface area contributed by atoms with Crippen molar-refractivity contribution in [3.05, 3.63) is 54.0 Å². The Morgan fingerprint density at radius 1 is 1.15 bits per heavy atom. The molecule has 1 heterocycles. The number of hydrogen-bond donors (Lipinski definition) is 2. The van der Waals surface area contributed by atoms with Crippen LogP contribution in [0.5, 0.6) is 0 Å². The van der Waals surface area contributed by atoms with Crippen molar-refractivity contribution in [1.82, 2.24) is 5.32 Å². The van der Waals surface area contributed by atoms with Gasteiger partial charge in [-0.1, -0.05) is 0 Å². The molecule has 0 aliphatic carbocycles. The predicted molar refractivity (Wildman–Crippen MR) is 65.5 cm³/mol. The van der Waals surface area contributed by atoms with E-state index in [0.29, 0.717) is 5.76 Å². The van der Waals surface area contributed by atoms with Crippen LogP contribution in [-0.4, -0.2) is 11.8 Å². The number of benzene rings is 1. The number of furan rings is 1. The number of carbonyl (C=O) groups excluding carboxylic acids is 2. The van der Waals surface area contributed by atoms with E-state index >= 15 is 0 Å². The van der Waals surface area contributed by atoms with E-state index in [4.69, 9.17) is 4.42 Å². The summed E-state index contributed by atoms with van der Waals surface area (Å²) < 4.78 is 31.1. The fraction of sp³-hybridized carbons (Fsp3) is 0.0769. The van der Waals surface area contributed by atoms with Crippen LogP contribution in [0.2, 0.25) is 0 Å². The second-order valence-corrected chi connectivity index (χ2v) is 3.84. The van der Waals surface area contributed by atoms with Crippen LogP contribution in [0.25, 0.3) is 0 Å². The average Bonchev–Trinajstić information content (AvgIpc) is 2.93. The monoisotopic (exact) mass is 280 g/mol. The summed E-state index contributed by atoms with van der Waals surface area (Å²) in [5.41, 5.74) is -0.400. The number of carbonyl (C=O) groups is 2. The number of anilines is 1. The van der Waals surface area contributed by atoms with Gasteiger partial charge in [0, 0.05) is 6.07 Å². The van der Waals surface area contributed by atoms with Gasteiger partial charge in [0.1, 0.15) is 17.4 Å². The first-order chi connectivity index (χ1) is 9.56. The van der Waals surface area contributed by atoms with Gasteiger partial charge in [-0.3, -0.25) is 9.59 Å². The number of hydrogen-bond acceptors (Lipinski definition) is 3. The van der Waals surface area contributed by atoms with Crippen LogP contribution in [0.4, 0.5) is 14.5 Å². The molecule has 1 aromatic heterocycles. The molecular weight excluding hydrogens is 270 g/mol. The summed E-state index contributed by atoms with van der Waals surface area (Å²) in [6, 6.07) is 5.79. The van der Waals surface area contributed by atoms with Crippen LogP contribution in [0.1, 0.15) is 5.76 Å². The standard InChI is InChI=1S/C13H10F2N2O3/c14-8-3-4-10(15)11(6-8)17-13(19)12(18)16-7-9-2-1-5-20-9/h1-6H,7H2,(H,16,18)(H,17,19). The van der Waals surface area contributed by atoms with E-state index in [1.807, 2.05) is 5.32 Å². The van der Waals surface area contributed by atoms with Crippen LogP contribution < -0.4 is 10.6 Å². The molecule has 104 valence electrons. The maximum atomic E-state index is 13.3. The maximum absolute atomic E-state index is 13.3. The first kappa shape index (κ1) is 13.7. The quantitative estimate of drug-likeness (QED) is 0.842. The molecule has 0 saturated heterocycles. The van der Waals surface area contributed by atoms with Gasteiger partial charge in [-0.05, 0) is 24.3 Å². The third kappa shape index (κ3) is 3.41. The minimum atomic E-state index is -1.10. The van der Waals surface area contributed by atoms with E-state index < -0.39 is 29.1 Å². The van der Waals surface area contributed by atoms with Crippen molar-refractivity contribution in [3.63, 3.8) is 0 Å². The van der Waals surface area contributed by atoms with Crippen molar-refractivity contribution in [3.8, 4) is 0 Å². The summed E-state index contributed by atoms with van der Waals surface area (Å²) >= 11 is 0. The lowest BCUT2D eigenvalue weighted by Crippen LogP contribution is -2.35. The highest BCUT2D eigenvalue weighted by Gasteiger charge is 2.16. The molecule has 0 unspecified atom stereocenters. The van der Waals surface area contributed by atoms with Crippen molar-refractivity contribution in [2.24, 2.45) is 0 Å². The highest BCUT2D eigenvalue weighted by atomic mass is 19.1. The Balaban J connectivity index is 1.93. The predicted octanol–water partition coefficient (Wildman–Crippen LogP) is 1.81. The largest absolute Gasteiger partial charge is 0.467 e. The Morgan fingerprint density at radius 3 is 2.65 bits per heavy atom. The summed E-state index contributed by atoms with van der Waals surface area (Å²) in [4.78, 5) is 23.0. The average molecular weight is 280 g/mol. The molecule has 0 spiro atoms. The molecule has 2 amide bonds. The Bertz CT molecular complexity index is 627. The fourth-order valence-electron chi connectivity index (χ4n) is 1.43. The molecule has 0 bridgehead atoms. The van der Waals surface area contributed by atoms with Crippen molar-refractivity contribution < 1.29 is 22.8 Å². The first-order valence-electron chi connectivity index (χ1n) is 5.63. The van der Waals surface area contributed by atoms with Gasteiger partial charge in [-0.2, -0.15) is 0 Å². The molecule has 0 radical (unpaired) electrons. The van der Waals surface area contributed by atoms with E-state index in [9.17, 15) is 18.4 Å². The molecule has 0 fully saturated rings. The Labute approximate surface area is 112 Å². The van der Waals surface area contributed by atoms with E-state index in [2.05, 4.69) is 5.32 Å². The molecule has 5 nitrogen and oxygen atoms in total. The van der Waals surface area contributed by atoms with Crippen LogP contribution in [0.3, 0.4) is 0 Å². The molecule has 2 rings (SSSR count). The SMILES string of the molecule is O=C(NCc1ccco1)C(=O)Nc1cc(F)ccc1F. The Kier molecular flexibility index (Phi) is 4.09. The zero-order valence-electron chi connectivity index (χ0n) is 10.2. The second-order valence-electron chi connectivity index (χ2n) is 3.84. The minimum Gasteiger partial charge on any atom is -0.467 e. The highest BCUT2D eigenvalue weighted by molar-refractivity contribution is 6.39. The van der Waals surface area contributed by atoms with Crippen molar-refractivity contribution >= 4 is 17.5 Å². The maximum Gasteiger partial charge on any atom is 0.313 e. The van der Waals surface area contributed by atoms with Gasteiger partial charge >= 0.3 is 11.8 Å². The van der Waals surface area contributed by atoms with E-state index in [0.717, 1.165) is 18.2 Å². The number of amides is 2. The second kappa shape index (κ2) is 5.96. The van der Waals surface area contributed by atoms with Crippen LogP contribution in [0, 0.1) is 11.6 Å². The van der Waals surface area contributed by atoms with Gasteiger partial charge in [0.15, 0.2) is 0 Å². The summed E-state index contributed by atoms with van der Waals surface area (Å²) in [5, 5.41) is 4.26. The lowest BCUT2D eigenvalue weighted by atomic mass is 10.3. The van der Waals surface area contributed by atoms with E-state index in [1.54, 1.807) is 12.1 Å². The van der Waals surface area contributed by atoms with Crippen LogP contribution in [-0.2, 0) is 16.1 Å². The van der Waals surface area contributed by atoms with Gasteiger partial charge in [-0.15, -0.1) is 0 Å². The van der Waals surface area contributed by atoms with Gasteiger partial charge in [0.05, 0.1) is 18.5 Å². The minimum absolute atomic E-state index is 0.0187. The molecule has 0 aliphatic heterocycles. The summed E-state index contributed by atoms with van der Waals surface area (Å²) in [7, 11) is 0. The third-order valence-electron chi connectivity index (χ3n) is 2.39. The van der Waals surface area contributed by atoms with Crippen molar-refractivity contribution in [2.45, 2.75) is 6.54 Å². The molecule has 20 heavy (non-hydrogen) atoms. The number of nitrogens with one attached hydrogen (secondary N) is 2. The lowest BCUT2D eigenvalue weighted by Gasteiger charge is -2.06. The Morgan fingerprint density at radius 2 is 1.95 bits per heavy atom. The fourth-order valence-corrected chi connectivity index (χ4v) is 1.43. The molecule has 7 heteroatoms. The zero-order valence-corrected chi connectivity index (χ0v) is 10.2. The topological polar surface area (TPSA) is 71.3 Å². The van der Waals surface area contributed by atoms with Crippen molar-refractivity contribution in [1.29, 1.82) is 0 Å². The molecule has 2 aromatic rings. The van der Waals surface area contributed by atoms with Crippen LogP contribution >= 0.6 is 0 Å². The molecule has 0 atom stereocenters. The van der Waals surface area contributed by atoms with Gasteiger partial charge in [-0.25, -0.2) is 8.78 Å². The summed E-state index contributed by atoms with van der Waals surface area (Å²) in [5.74, 6) is -3.18. The zero-order chi connectivity index (χ0) is 14.5. The normalized spacial score (nSPS) is 10.1. The van der Waals surface area contributed by atoms with Gasteiger partial charge in [0.2, 0.25) is 0 Å². The molecule has 1 aromatic carbocycles. The third-order valence-corrected chi connectivity index (χ3v) is 2.39. The van der Waals surface area contributed by atoms with E-state index in [1.165, 1.54) is 6.26 Å². The first-order valence-corrected chi connectivity index (χ1v) is 5.63. The van der Waals surface area contributed by atoms with Gasteiger partial charge < -0.3 is 15.1 Å². The number of rotatable bonds is 3. The summed E-state index contributed by atoms with van der Waals surface area (Å²) in [6.07, 6.45) is 1.42. The molecular formula is C13H10F2N2O3.